The molecule has 2 aliphatic carbocycles. The Morgan fingerprint density at radius 2 is 2.04 bits per heavy atom. The van der Waals surface area contributed by atoms with Gasteiger partial charge in [0.1, 0.15) is 11.7 Å². The third kappa shape index (κ3) is 1.89. The summed E-state index contributed by atoms with van der Waals surface area (Å²) in [5.74, 6) is -1.89. The summed E-state index contributed by atoms with van der Waals surface area (Å²) in [5.41, 5.74) is 0.410. The topological polar surface area (TPSA) is 74.4 Å². The van der Waals surface area contributed by atoms with Crippen LogP contribution in [0.25, 0.3) is 0 Å². The monoisotopic (exact) mass is 362 g/mol. The number of hydrogen-bond acceptors (Lipinski definition) is 6. The minimum absolute atomic E-state index is 0.0721. The molecule has 0 unspecified atom stereocenters. The lowest BCUT2D eigenvalue weighted by Crippen LogP contribution is -2.64. The van der Waals surface area contributed by atoms with E-state index in [1.165, 1.54) is 7.11 Å². The summed E-state index contributed by atoms with van der Waals surface area (Å²) in [4.78, 5) is 24.9. The number of carbonyl (C=O) groups is 2. The minimum Gasteiger partial charge on any atom is -0.453 e. The Balaban J connectivity index is 1.90. The second-order valence-electron chi connectivity index (χ2n) is 8.38. The molecule has 0 aromatic heterocycles. The zero-order valence-electron chi connectivity index (χ0n) is 16.0. The van der Waals surface area contributed by atoms with Crippen molar-refractivity contribution in [3.8, 4) is 0 Å². The number of epoxide rings is 1. The van der Waals surface area contributed by atoms with Gasteiger partial charge in [-0.2, -0.15) is 0 Å². The highest BCUT2D eigenvalue weighted by atomic mass is 16.7. The van der Waals surface area contributed by atoms with Crippen LogP contribution in [0, 0.1) is 11.3 Å². The third-order valence-electron chi connectivity index (χ3n) is 7.20. The minimum atomic E-state index is -1.23. The van der Waals surface area contributed by atoms with Crippen molar-refractivity contribution >= 4 is 11.9 Å². The normalized spacial score (nSPS) is 46.0. The van der Waals surface area contributed by atoms with E-state index in [0.717, 1.165) is 12.8 Å². The largest absolute Gasteiger partial charge is 0.453 e. The maximum atomic E-state index is 12.5. The molecule has 2 aliphatic heterocycles. The van der Waals surface area contributed by atoms with E-state index in [-0.39, 0.29) is 12.0 Å². The maximum Gasteiger partial charge on any atom is 0.336 e. The fourth-order valence-corrected chi connectivity index (χ4v) is 5.39. The lowest BCUT2D eigenvalue weighted by Gasteiger charge is -2.55. The van der Waals surface area contributed by atoms with Gasteiger partial charge < -0.3 is 18.9 Å². The summed E-state index contributed by atoms with van der Waals surface area (Å²) in [7, 11) is 1.52. The van der Waals surface area contributed by atoms with Crippen LogP contribution in [0.3, 0.4) is 0 Å². The van der Waals surface area contributed by atoms with Gasteiger partial charge in [0.25, 0.3) is 0 Å². The molecular formula is C20H26O6. The van der Waals surface area contributed by atoms with Crippen molar-refractivity contribution in [2.24, 2.45) is 11.3 Å². The Morgan fingerprint density at radius 1 is 1.35 bits per heavy atom. The first-order chi connectivity index (χ1) is 12.1. The van der Waals surface area contributed by atoms with Gasteiger partial charge in [-0.3, -0.25) is 0 Å². The van der Waals surface area contributed by atoms with Gasteiger partial charge in [-0.15, -0.1) is 0 Å². The molecule has 3 fully saturated rings. The molecule has 6 heteroatoms. The first-order valence-corrected chi connectivity index (χ1v) is 9.17. The van der Waals surface area contributed by atoms with Crippen LogP contribution >= 0.6 is 0 Å². The van der Waals surface area contributed by atoms with Crippen molar-refractivity contribution < 1.29 is 28.5 Å². The van der Waals surface area contributed by atoms with E-state index in [1.54, 1.807) is 13.8 Å². The summed E-state index contributed by atoms with van der Waals surface area (Å²) < 4.78 is 23.6. The number of esters is 2. The summed E-state index contributed by atoms with van der Waals surface area (Å²) in [6, 6.07) is 0. The Morgan fingerprint density at radius 3 is 2.65 bits per heavy atom. The van der Waals surface area contributed by atoms with Crippen LogP contribution in [0.1, 0.15) is 47.0 Å². The van der Waals surface area contributed by atoms with Crippen LogP contribution in [0.2, 0.25) is 0 Å². The smallest absolute Gasteiger partial charge is 0.336 e. The molecule has 4 rings (SSSR count). The van der Waals surface area contributed by atoms with Gasteiger partial charge >= 0.3 is 11.9 Å². The van der Waals surface area contributed by atoms with E-state index in [4.69, 9.17) is 18.9 Å². The molecule has 1 saturated heterocycles. The second-order valence-corrected chi connectivity index (χ2v) is 8.38. The zero-order chi connectivity index (χ0) is 19.1. The summed E-state index contributed by atoms with van der Waals surface area (Å²) >= 11 is 0. The van der Waals surface area contributed by atoms with Gasteiger partial charge in [-0.25, -0.2) is 9.59 Å². The van der Waals surface area contributed by atoms with E-state index in [0.29, 0.717) is 23.1 Å². The molecule has 2 saturated carbocycles. The predicted molar refractivity (Wildman–Crippen MR) is 92.0 cm³/mol. The van der Waals surface area contributed by atoms with E-state index in [2.05, 4.69) is 20.4 Å². The fourth-order valence-electron chi connectivity index (χ4n) is 5.39. The number of methoxy groups -OCH3 is 1. The molecule has 0 aromatic carbocycles. The van der Waals surface area contributed by atoms with E-state index in [1.807, 2.05) is 0 Å². The molecule has 142 valence electrons. The van der Waals surface area contributed by atoms with Gasteiger partial charge in [-0.05, 0) is 32.6 Å². The van der Waals surface area contributed by atoms with Crippen molar-refractivity contribution in [2.75, 3.05) is 7.11 Å². The van der Waals surface area contributed by atoms with Crippen molar-refractivity contribution in [3.63, 3.8) is 0 Å². The number of rotatable bonds is 3. The average molecular weight is 362 g/mol. The van der Waals surface area contributed by atoms with Crippen LogP contribution in [-0.4, -0.2) is 42.6 Å². The van der Waals surface area contributed by atoms with Crippen molar-refractivity contribution in [1.82, 2.24) is 0 Å². The molecule has 0 bridgehead atoms. The molecule has 4 aliphatic rings. The summed E-state index contributed by atoms with van der Waals surface area (Å²) in [5, 5.41) is 0. The first kappa shape index (κ1) is 17.7. The standard InChI is InChI=1S/C20H26O6/c1-10(2)16(21)24-15-14-12(4)17(22)26-20(14,23-6)9-19-13(25-19)8-7-11(3)18(15,19)5/h11,13,15H,1,7-9H2,2-6H3/t11-,13+,15+,18-,19+,20-/m0/s1. The maximum absolute atomic E-state index is 12.5. The lowest BCUT2D eigenvalue weighted by molar-refractivity contribution is -0.236. The molecule has 1 spiro atoms. The number of carbonyl (C=O) groups excluding carboxylic acids is 2. The van der Waals surface area contributed by atoms with Crippen molar-refractivity contribution in [1.29, 1.82) is 0 Å². The molecule has 6 atom stereocenters. The Bertz CT molecular complexity index is 753. The number of fused-ring (bicyclic) bond motifs is 1. The molecule has 2 heterocycles. The van der Waals surface area contributed by atoms with Gasteiger partial charge in [0.05, 0.1) is 18.1 Å². The van der Waals surface area contributed by atoms with Crippen LogP contribution in [0.15, 0.2) is 23.3 Å². The number of ether oxygens (including phenoxy) is 4. The quantitative estimate of drug-likeness (QED) is 0.437. The Hall–Kier alpha value is -1.66. The van der Waals surface area contributed by atoms with Gasteiger partial charge in [-0.1, -0.05) is 20.4 Å². The van der Waals surface area contributed by atoms with Crippen LogP contribution in [0.4, 0.5) is 0 Å². The molecule has 26 heavy (non-hydrogen) atoms. The van der Waals surface area contributed by atoms with Gasteiger partial charge in [0.15, 0.2) is 0 Å². The van der Waals surface area contributed by atoms with E-state index < -0.39 is 34.8 Å². The fraction of sp³-hybridized carbons (Fsp3) is 0.700. The molecule has 0 aromatic rings. The summed E-state index contributed by atoms with van der Waals surface area (Å²) in [6.45, 7) is 11.3. The van der Waals surface area contributed by atoms with Crippen LogP contribution in [-0.2, 0) is 28.5 Å². The van der Waals surface area contributed by atoms with Gasteiger partial charge in [0, 0.05) is 23.7 Å². The van der Waals surface area contributed by atoms with E-state index in [9.17, 15) is 9.59 Å². The first-order valence-electron chi connectivity index (χ1n) is 9.17. The summed E-state index contributed by atoms with van der Waals surface area (Å²) in [6.07, 6.45) is 1.77. The molecule has 6 nitrogen and oxygen atoms in total. The van der Waals surface area contributed by atoms with Crippen LogP contribution < -0.4 is 0 Å². The highest BCUT2D eigenvalue weighted by molar-refractivity contribution is 5.93. The Kier molecular flexibility index (Phi) is 3.55. The predicted octanol–water partition coefficient (Wildman–Crippen LogP) is 2.67. The lowest BCUT2D eigenvalue weighted by atomic mass is 9.51. The molecule has 0 N–H and O–H groups in total. The van der Waals surface area contributed by atoms with Crippen molar-refractivity contribution in [3.05, 3.63) is 23.3 Å². The third-order valence-corrected chi connectivity index (χ3v) is 7.20. The highest BCUT2D eigenvalue weighted by Crippen LogP contribution is 2.71. The average Bonchev–Trinajstić information content (AvgIpc) is 3.24. The van der Waals surface area contributed by atoms with E-state index >= 15 is 0 Å². The highest BCUT2D eigenvalue weighted by Gasteiger charge is 2.81. The molecule has 0 amide bonds. The van der Waals surface area contributed by atoms with Crippen molar-refractivity contribution in [2.45, 2.75) is 70.6 Å². The zero-order valence-corrected chi connectivity index (χ0v) is 16.0. The SMILES string of the molecule is C=C(C)C(=O)O[C@@H]1C2=C(C)C(=O)O[C@@]2(OC)C[C@@]23O[C@@H]2CC[C@H](C)[C@@]13C. The van der Waals surface area contributed by atoms with Gasteiger partial charge in [0.2, 0.25) is 5.79 Å². The second kappa shape index (κ2) is 5.20. The number of hydrogen-bond donors (Lipinski definition) is 0. The van der Waals surface area contributed by atoms with Crippen LogP contribution in [0.5, 0.6) is 0 Å². The Labute approximate surface area is 153 Å². The molecule has 0 radical (unpaired) electrons. The molecular weight excluding hydrogens is 336 g/mol.